The summed E-state index contributed by atoms with van der Waals surface area (Å²) in [4.78, 5) is 23.0. The summed E-state index contributed by atoms with van der Waals surface area (Å²) in [6.45, 7) is 6.05. The van der Waals surface area contributed by atoms with Crippen molar-refractivity contribution in [2.45, 2.75) is 32.9 Å². The van der Waals surface area contributed by atoms with E-state index in [4.69, 9.17) is 4.74 Å². The molecule has 0 aliphatic heterocycles. The molecule has 0 unspecified atom stereocenters. The Hall–Kier alpha value is -2.69. The molecular weight excluding hydrogens is 477 g/mol. The van der Waals surface area contributed by atoms with Gasteiger partial charge in [-0.2, -0.15) is 18.2 Å². The number of thiol groups is 1. The molecule has 0 fully saturated rings. The first-order valence-corrected chi connectivity index (χ1v) is 11.7. The zero-order chi connectivity index (χ0) is 25.8. The number of hydrogen-bond donors (Lipinski definition) is 2. The fraction of sp³-hybridized carbons (Fsp3) is 0.400. The third kappa shape index (κ3) is 9.83. The lowest BCUT2D eigenvalue weighted by molar-refractivity contribution is -0.127. The molecule has 0 saturated heterocycles. The normalized spacial score (nSPS) is 12.7. The van der Waals surface area contributed by atoms with Crippen molar-refractivity contribution in [1.29, 1.82) is 0 Å². The number of nitrogens with zero attached hydrogens (tertiary/aromatic N) is 3. The van der Waals surface area contributed by atoms with Gasteiger partial charge in [0.1, 0.15) is 5.84 Å². The Bertz CT molecular complexity index is 1010. The Morgan fingerprint density at radius 3 is 2.43 bits per heavy atom. The minimum Gasteiger partial charge on any atom is -0.383 e. The molecule has 0 spiro atoms. The van der Waals surface area contributed by atoms with Gasteiger partial charge in [0.2, 0.25) is 0 Å². The summed E-state index contributed by atoms with van der Waals surface area (Å²) in [6.07, 6.45) is -3.08. The Kier molecular flexibility index (Phi) is 11.4. The number of aromatic nitrogens is 1. The highest BCUT2D eigenvalue weighted by molar-refractivity contribution is 7.83. The van der Waals surface area contributed by atoms with Crippen LogP contribution in [0.4, 0.5) is 13.2 Å². The summed E-state index contributed by atoms with van der Waals surface area (Å²) in [5, 5.41) is 4.83. The number of amides is 1. The molecule has 0 aliphatic rings. The predicted octanol–water partition coefficient (Wildman–Crippen LogP) is 4.91. The first-order chi connectivity index (χ1) is 16.6. The van der Waals surface area contributed by atoms with E-state index in [0.29, 0.717) is 55.3 Å². The van der Waals surface area contributed by atoms with Crippen LogP contribution in [0.25, 0.3) is 5.70 Å². The lowest BCUT2D eigenvalue weighted by atomic mass is 10.1. The number of aliphatic imine (C=N–C) groups is 1. The second-order valence-electron chi connectivity index (χ2n) is 7.90. The van der Waals surface area contributed by atoms with Crippen LogP contribution in [0.15, 0.2) is 53.0 Å². The van der Waals surface area contributed by atoms with Gasteiger partial charge in [-0.3, -0.25) is 9.78 Å². The zero-order valence-electron chi connectivity index (χ0n) is 20.1. The van der Waals surface area contributed by atoms with E-state index in [2.05, 4.69) is 27.9 Å². The van der Waals surface area contributed by atoms with E-state index in [1.807, 2.05) is 11.8 Å². The van der Waals surface area contributed by atoms with Crippen LogP contribution in [-0.4, -0.2) is 61.2 Å². The molecule has 1 heterocycles. The molecular formula is C25H31F3N4O2S. The van der Waals surface area contributed by atoms with Crippen LogP contribution in [0.1, 0.15) is 40.5 Å². The van der Waals surface area contributed by atoms with Crippen LogP contribution in [0.3, 0.4) is 0 Å². The number of carbonyl (C=O) groups excluding carboxylic acids is 1. The van der Waals surface area contributed by atoms with Crippen molar-refractivity contribution < 1.29 is 22.7 Å². The Morgan fingerprint density at radius 2 is 1.86 bits per heavy atom. The number of pyridine rings is 1. The third-order valence-electron chi connectivity index (χ3n) is 5.10. The number of alkyl halides is 3. The maximum Gasteiger partial charge on any atom is 0.393 e. The lowest BCUT2D eigenvalue weighted by Gasteiger charge is -2.27. The fourth-order valence-electron chi connectivity index (χ4n) is 3.31. The van der Waals surface area contributed by atoms with Gasteiger partial charge in [0.05, 0.1) is 24.3 Å². The molecule has 35 heavy (non-hydrogen) atoms. The first-order valence-electron chi connectivity index (χ1n) is 11.1. The minimum atomic E-state index is -4.28. The van der Waals surface area contributed by atoms with Gasteiger partial charge < -0.3 is 15.0 Å². The highest BCUT2D eigenvalue weighted by Gasteiger charge is 2.27. The maximum absolute atomic E-state index is 12.7. The largest absolute Gasteiger partial charge is 0.393 e. The van der Waals surface area contributed by atoms with Crippen molar-refractivity contribution in [3.8, 4) is 0 Å². The van der Waals surface area contributed by atoms with Gasteiger partial charge in [0, 0.05) is 32.1 Å². The molecule has 1 aromatic carbocycles. The molecule has 2 aromatic rings. The van der Waals surface area contributed by atoms with Gasteiger partial charge in [-0.1, -0.05) is 24.3 Å². The highest BCUT2D eigenvalue weighted by Crippen LogP contribution is 2.25. The van der Waals surface area contributed by atoms with Crippen molar-refractivity contribution >= 4 is 30.1 Å². The van der Waals surface area contributed by atoms with Crippen LogP contribution in [0.2, 0.25) is 0 Å². The molecule has 0 saturated carbocycles. The second-order valence-corrected chi connectivity index (χ2v) is 8.16. The SMILES string of the molecule is COCCNCCCN(C(C)=NC(=O)c1ccc(C)nc1)/C(=C\S)c1ccc(CC(F)(F)F)cc1. The first kappa shape index (κ1) is 28.5. The van der Waals surface area contributed by atoms with Crippen molar-refractivity contribution in [3.63, 3.8) is 0 Å². The molecule has 1 N–H and O–H groups in total. The zero-order valence-corrected chi connectivity index (χ0v) is 21.0. The number of aryl methyl sites for hydroxylation is 1. The summed E-state index contributed by atoms with van der Waals surface area (Å²) >= 11 is 4.35. The van der Waals surface area contributed by atoms with Crippen LogP contribution in [0.5, 0.6) is 0 Å². The van der Waals surface area contributed by atoms with E-state index >= 15 is 0 Å². The highest BCUT2D eigenvalue weighted by atomic mass is 32.1. The van der Waals surface area contributed by atoms with Crippen molar-refractivity contribution in [1.82, 2.24) is 15.2 Å². The Morgan fingerprint density at radius 1 is 1.17 bits per heavy atom. The molecule has 1 aromatic heterocycles. The summed E-state index contributed by atoms with van der Waals surface area (Å²) in [5.41, 5.74) is 2.61. The lowest BCUT2D eigenvalue weighted by Crippen LogP contribution is -2.31. The van der Waals surface area contributed by atoms with Crippen molar-refractivity contribution in [2.75, 3.05) is 33.4 Å². The number of rotatable bonds is 11. The summed E-state index contributed by atoms with van der Waals surface area (Å²) in [6, 6.07) is 9.53. The van der Waals surface area contributed by atoms with Gasteiger partial charge in [-0.25, -0.2) is 0 Å². The van der Waals surface area contributed by atoms with Gasteiger partial charge in [-0.15, -0.1) is 12.6 Å². The third-order valence-corrected chi connectivity index (χ3v) is 5.34. The molecule has 190 valence electrons. The molecule has 2 rings (SSSR count). The fourth-order valence-corrected chi connectivity index (χ4v) is 3.60. The van der Waals surface area contributed by atoms with Gasteiger partial charge >= 0.3 is 6.18 Å². The number of carbonyl (C=O) groups is 1. The minimum absolute atomic E-state index is 0.168. The van der Waals surface area contributed by atoms with Crippen LogP contribution in [-0.2, 0) is 11.2 Å². The van der Waals surface area contributed by atoms with Crippen molar-refractivity contribution in [2.24, 2.45) is 4.99 Å². The average molecular weight is 509 g/mol. The topological polar surface area (TPSA) is 66.8 Å². The predicted molar refractivity (Wildman–Crippen MR) is 136 cm³/mol. The molecule has 6 nitrogen and oxygen atoms in total. The van der Waals surface area contributed by atoms with Crippen molar-refractivity contribution in [3.05, 3.63) is 70.4 Å². The van der Waals surface area contributed by atoms with E-state index in [1.165, 1.54) is 18.3 Å². The molecule has 0 atom stereocenters. The molecule has 10 heteroatoms. The average Bonchev–Trinajstić information content (AvgIpc) is 2.80. The van der Waals surface area contributed by atoms with Gasteiger partial charge in [-0.05, 0) is 55.5 Å². The van der Waals surface area contributed by atoms with E-state index in [0.717, 1.165) is 5.69 Å². The van der Waals surface area contributed by atoms with Crippen LogP contribution >= 0.6 is 12.6 Å². The number of methoxy groups -OCH3 is 1. The summed E-state index contributed by atoms with van der Waals surface area (Å²) in [7, 11) is 1.63. The Balaban J connectivity index is 2.26. The van der Waals surface area contributed by atoms with E-state index in [9.17, 15) is 18.0 Å². The smallest absolute Gasteiger partial charge is 0.383 e. The number of amidine groups is 1. The van der Waals surface area contributed by atoms with E-state index < -0.39 is 18.5 Å². The number of benzene rings is 1. The quantitative estimate of drug-likeness (QED) is 0.195. The Labute approximate surface area is 209 Å². The molecule has 1 amide bonds. The number of halogens is 3. The second kappa shape index (κ2) is 14.0. The number of hydrogen-bond acceptors (Lipinski definition) is 5. The number of ether oxygens (including phenoxy) is 1. The monoisotopic (exact) mass is 508 g/mol. The van der Waals surface area contributed by atoms with Gasteiger partial charge in [0.15, 0.2) is 0 Å². The van der Waals surface area contributed by atoms with Crippen LogP contribution in [0, 0.1) is 6.92 Å². The van der Waals surface area contributed by atoms with Gasteiger partial charge in [0.25, 0.3) is 5.91 Å². The molecule has 0 aliphatic carbocycles. The summed E-state index contributed by atoms with van der Waals surface area (Å²) < 4.78 is 43.2. The standard InChI is InChI=1S/C25H31F3N4O2S/c1-18-5-8-22(16-30-18)24(33)31-19(2)32(13-4-11-29-12-14-34-3)23(17-35)21-9-6-20(7-10-21)15-25(26,27)28/h5-10,16-17,29,35H,4,11-15H2,1-3H3/b23-17-,31-19?. The number of nitrogens with one attached hydrogen (secondary N) is 1. The maximum atomic E-state index is 12.7. The van der Waals surface area contributed by atoms with Crippen LogP contribution < -0.4 is 5.32 Å². The molecule has 0 bridgehead atoms. The van der Waals surface area contributed by atoms with E-state index in [-0.39, 0.29) is 5.56 Å². The van der Waals surface area contributed by atoms with E-state index in [1.54, 1.807) is 43.7 Å². The molecule has 0 radical (unpaired) electrons. The summed E-state index contributed by atoms with van der Waals surface area (Å²) in [5.74, 6) is 0.00407.